The van der Waals surface area contributed by atoms with Crippen molar-refractivity contribution < 1.29 is 51.3 Å². The number of rotatable bonds is 16. The van der Waals surface area contributed by atoms with Crippen molar-refractivity contribution in [1.82, 2.24) is 59.6 Å². The second kappa shape index (κ2) is 27.5. The molecule has 1 aliphatic rings. The molecule has 0 atom stereocenters. The number of nitrogens with two attached hydrogens (primary N) is 2. The molecule has 0 amide bonds. The Labute approximate surface area is 524 Å². The quantitative estimate of drug-likeness (QED) is 0.0177. The van der Waals surface area contributed by atoms with Crippen LogP contribution < -0.4 is 57.4 Å². The fraction of sp³-hybridized carbons (Fsp3) is 0.158. The lowest BCUT2D eigenvalue weighted by Crippen LogP contribution is -2.13. The van der Waals surface area contributed by atoms with Gasteiger partial charge in [0, 0.05) is 40.6 Å². The molecule has 33 heteroatoms. The molecule has 0 saturated heterocycles. The van der Waals surface area contributed by atoms with E-state index in [2.05, 4.69) is 45.5 Å². The molecule has 0 saturated carbocycles. The van der Waals surface area contributed by atoms with Crippen molar-refractivity contribution in [2.24, 2.45) is 5.10 Å². The molecule has 12 aromatic rings. The lowest BCUT2D eigenvalue weighted by atomic mass is 10.1. The van der Waals surface area contributed by atoms with Crippen LogP contribution in [0.4, 0.5) is 0 Å². The van der Waals surface area contributed by atoms with E-state index in [1.165, 1.54) is 40.4 Å². The van der Waals surface area contributed by atoms with Crippen LogP contribution in [0.1, 0.15) is 26.3 Å². The minimum absolute atomic E-state index is 0.0786. The van der Waals surface area contributed by atoms with E-state index in [4.69, 9.17) is 82.3 Å². The molecule has 0 radical (unpaired) electrons. The summed E-state index contributed by atoms with van der Waals surface area (Å²) in [5.74, 6) is 15.8. The third-order valence-electron chi connectivity index (χ3n) is 13.2. The lowest BCUT2D eigenvalue weighted by Gasteiger charge is -2.15. The summed E-state index contributed by atoms with van der Waals surface area (Å²) in [4.78, 5) is 64.9. The molecule has 8 N–H and O–H groups in total. The first-order valence-electron chi connectivity index (χ1n) is 26.1. The topological polar surface area (TPSA) is 387 Å². The Morgan fingerprint density at radius 1 is 0.589 bits per heavy atom. The van der Waals surface area contributed by atoms with Crippen molar-refractivity contribution in [3.05, 3.63) is 162 Å². The summed E-state index contributed by atoms with van der Waals surface area (Å²) in [7, 11) is 9.45. The van der Waals surface area contributed by atoms with Gasteiger partial charge < -0.3 is 53.4 Å². The first-order valence-corrected chi connectivity index (χ1v) is 29.1. The molecule has 29 nitrogen and oxygen atoms in total. The predicted octanol–water partition coefficient (Wildman–Crippen LogP) is 7.72. The molecular formula is C57H50ClN15O14S3. The highest BCUT2D eigenvalue weighted by molar-refractivity contribution is 8.00. The largest absolute Gasteiger partial charge is 0.497 e. The number of nitrogens with zero attached hydrogens (tertiary/aromatic N) is 9. The predicted molar refractivity (Wildman–Crippen MR) is 337 cm³/mol. The fourth-order valence-corrected chi connectivity index (χ4v) is 10.6. The van der Waals surface area contributed by atoms with Crippen LogP contribution >= 0.6 is 47.3 Å². The van der Waals surface area contributed by atoms with Gasteiger partial charge >= 0.3 is 17.3 Å². The van der Waals surface area contributed by atoms with Gasteiger partial charge in [-0.3, -0.25) is 24.5 Å². The zero-order valence-corrected chi connectivity index (χ0v) is 51.2. The number of carbonyl (C=O) groups excluding carboxylic acids is 2. The molecule has 13 rings (SSSR count). The van der Waals surface area contributed by atoms with E-state index in [-0.39, 0.29) is 23.2 Å². The number of hydrogen-bond donors (Lipinski definition) is 6. The van der Waals surface area contributed by atoms with Crippen LogP contribution in [0.5, 0.6) is 34.5 Å². The van der Waals surface area contributed by atoms with Crippen molar-refractivity contribution >= 4 is 97.9 Å². The number of alkyl halides is 1. The van der Waals surface area contributed by atoms with E-state index in [0.717, 1.165) is 34.2 Å². The number of halogens is 1. The Morgan fingerprint density at radius 3 is 1.56 bits per heavy atom. The number of Topliss-reactive ketones (excluding diaryl/α,β-unsaturated/α-hetero) is 2. The van der Waals surface area contributed by atoms with Gasteiger partial charge in [0.05, 0.1) is 93.2 Å². The number of nitrogen functional groups attached to an aromatic ring is 2. The molecule has 0 aliphatic carbocycles. The van der Waals surface area contributed by atoms with E-state index in [0.29, 0.717) is 123 Å². The highest BCUT2D eigenvalue weighted by Gasteiger charge is 2.24. The molecule has 0 bridgehead atoms. The molecule has 90 heavy (non-hydrogen) atoms. The normalized spacial score (nSPS) is 11.5. The Balaban J connectivity index is 0.000000138. The number of hydrogen-bond acceptors (Lipinski definition) is 25. The van der Waals surface area contributed by atoms with E-state index < -0.39 is 17.3 Å². The van der Waals surface area contributed by atoms with E-state index in [1.54, 1.807) is 113 Å². The van der Waals surface area contributed by atoms with Crippen LogP contribution in [0.15, 0.2) is 152 Å². The number of H-pyrrole nitrogens is 4. The van der Waals surface area contributed by atoms with Gasteiger partial charge in [0.15, 0.2) is 45.8 Å². The number of aromatic nitrogens is 12. The Hall–Kier alpha value is -10.8. The molecule has 1 aliphatic heterocycles. The van der Waals surface area contributed by atoms with Gasteiger partial charge in [0.1, 0.15) is 34.5 Å². The number of ether oxygens (including phenoxy) is 6. The average Bonchev–Trinajstić information content (AvgIpc) is 1.70. The number of methoxy groups -OCH3 is 6. The zero-order valence-electron chi connectivity index (χ0n) is 48.0. The lowest BCUT2D eigenvalue weighted by molar-refractivity contribution is 0.101. The second-order valence-corrected chi connectivity index (χ2v) is 21.0. The van der Waals surface area contributed by atoms with Crippen molar-refractivity contribution in [3.8, 4) is 68.7 Å². The van der Waals surface area contributed by atoms with Crippen molar-refractivity contribution in [3.63, 3.8) is 0 Å². The number of oxazole rings is 3. The summed E-state index contributed by atoms with van der Waals surface area (Å²) >= 11 is 13.0. The summed E-state index contributed by atoms with van der Waals surface area (Å²) in [6.45, 7) is 0. The number of carbonyl (C=O) groups is 2. The number of benzene rings is 6. The van der Waals surface area contributed by atoms with Crippen LogP contribution in [0, 0.1) is 4.77 Å². The fourth-order valence-electron chi connectivity index (χ4n) is 8.69. The maximum absolute atomic E-state index is 12.5. The van der Waals surface area contributed by atoms with E-state index in [1.807, 2.05) is 24.3 Å². The molecule has 0 fully saturated rings. The first-order chi connectivity index (χ1) is 43.5. The van der Waals surface area contributed by atoms with Gasteiger partial charge in [0.2, 0.25) is 15.1 Å². The smallest absolute Gasteiger partial charge is 0.417 e. The standard InChI is InChI=1S/C19H17N5O5S.C19H15N5O4S.C10H12N4O2S.C9H6ClNO3/c1-27-11-4-5-12(15(8-11)28-2)17-22-23-18(24(17)20)30-9-14(25)10-3-6-13-16(7-10)29-19(26)21-13;1-26-11-4-5-12(15(8-11)27-2)17-21-22-18-24(17)23-14(9-29-18)10-3-6-13-16(7-10)28-19(25)20-13;1-15-6-3-4-7(8(5-6)16-2)9-12-13-10(17)14(9)11;10-4-7(12)5-1-2-6-8(3-5)14-9(13)11-6/h3-8H,9,20H2,1-2H3,(H,21,26);3-8H,9H2,1-2H3,(H,20,25);3-5H,11H2,1-2H3,(H,13,17);1-3H,4H2,(H,11,13). The number of fused-ring (bicyclic) bond motifs is 4. The van der Waals surface area contributed by atoms with Crippen LogP contribution in [-0.2, 0) is 0 Å². The molecule has 0 unspecified atom stereocenters. The van der Waals surface area contributed by atoms with E-state index in [9.17, 15) is 24.0 Å². The third-order valence-corrected chi connectivity index (χ3v) is 15.6. The minimum Gasteiger partial charge on any atom is -0.497 e. The van der Waals surface area contributed by atoms with Gasteiger partial charge in [-0.15, -0.1) is 32.0 Å². The monoisotopic (exact) mass is 1300 g/mol. The molecule has 6 aromatic heterocycles. The summed E-state index contributed by atoms with van der Waals surface area (Å²) < 4.78 is 51.3. The second-order valence-electron chi connectivity index (χ2n) is 18.5. The van der Waals surface area contributed by atoms with Crippen molar-refractivity contribution in [2.45, 2.75) is 10.3 Å². The van der Waals surface area contributed by atoms with E-state index >= 15 is 0 Å². The van der Waals surface area contributed by atoms with Gasteiger partial charge in [0.25, 0.3) is 0 Å². The number of ketones is 2. The number of thioether (sulfide) groups is 2. The minimum atomic E-state index is -0.568. The Morgan fingerprint density at radius 2 is 1.07 bits per heavy atom. The summed E-state index contributed by atoms with van der Waals surface area (Å²) in [6.07, 6.45) is 0. The van der Waals surface area contributed by atoms with Crippen LogP contribution in [0.25, 0.3) is 67.5 Å². The van der Waals surface area contributed by atoms with Gasteiger partial charge in [-0.2, -0.15) is 14.9 Å². The van der Waals surface area contributed by atoms with Crippen molar-refractivity contribution in [1.29, 1.82) is 0 Å². The van der Waals surface area contributed by atoms with Gasteiger partial charge in [-0.1, -0.05) is 29.6 Å². The summed E-state index contributed by atoms with van der Waals surface area (Å²) in [5.41, 5.74) is 7.60. The molecule has 7 heterocycles. The zero-order chi connectivity index (χ0) is 63.8. The Kier molecular flexibility index (Phi) is 19.0. The maximum Gasteiger partial charge on any atom is 0.417 e. The molecule has 6 aromatic carbocycles. The number of aromatic amines is 4. The number of nitrogens with one attached hydrogen (secondary N) is 4. The Bertz CT molecular complexity index is 4920. The van der Waals surface area contributed by atoms with Gasteiger partial charge in [-0.05, 0) is 97.1 Å². The van der Waals surface area contributed by atoms with Crippen LogP contribution in [0.2, 0.25) is 0 Å². The summed E-state index contributed by atoms with van der Waals surface area (Å²) in [6, 6.07) is 31.1. The van der Waals surface area contributed by atoms with Crippen LogP contribution in [0.3, 0.4) is 0 Å². The highest BCUT2D eigenvalue weighted by Crippen LogP contribution is 2.37. The highest BCUT2D eigenvalue weighted by atomic mass is 35.5. The molecule has 462 valence electrons. The van der Waals surface area contributed by atoms with Crippen molar-refractivity contribution in [2.75, 3.05) is 71.7 Å². The molecule has 0 spiro atoms. The third kappa shape index (κ3) is 13.5. The van der Waals surface area contributed by atoms with Gasteiger partial charge in [-0.25, -0.2) is 28.8 Å². The average molecular weight is 1300 g/mol. The van der Waals surface area contributed by atoms with Crippen LogP contribution in [-0.4, -0.2) is 137 Å². The maximum atomic E-state index is 12.5. The first kappa shape index (κ1) is 62.2. The SMILES string of the molecule is COc1ccc(-c2n[nH]c(=S)n2N)c(OC)c1.COc1ccc(-c2nnc(SCC(=O)c3ccc4[nH]c(=O)oc4c3)n2N)c(OC)c1.COc1ccc(-c2nnc3n2N=C(c2ccc4[nH]c(=O)oc4c2)CS3)c(OC)c1.O=C(CCl)c1ccc2[nH]c(=O)oc2c1. The summed E-state index contributed by atoms with van der Waals surface area (Å²) in [5, 5.41) is 29.2. The molecular weight excluding hydrogens is 1250 g/mol.